The number of halogens is 1. The fourth-order valence-electron chi connectivity index (χ4n) is 4.53. The second kappa shape index (κ2) is 7.72. The largest absolute Gasteiger partial charge is 0.366 e. The lowest BCUT2D eigenvalue weighted by atomic mass is 9.84. The van der Waals surface area contributed by atoms with Crippen molar-refractivity contribution in [1.29, 1.82) is 0 Å². The molecule has 0 aromatic carbocycles. The first kappa shape index (κ1) is 19.2. The molecule has 2 aliphatic heterocycles. The normalized spacial score (nSPS) is 24.8. The van der Waals surface area contributed by atoms with Crippen LogP contribution in [-0.2, 0) is 11.3 Å². The van der Waals surface area contributed by atoms with Gasteiger partial charge in [0, 0.05) is 30.9 Å². The SMILES string of the molecule is Cc1noc(C)c1CNC(=O)[C@@]12CCCCN1C[C@@H](Nc1ccc(Cl)cn1)C2. The molecule has 8 heteroatoms. The van der Waals surface area contributed by atoms with Gasteiger partial charge in [0.1, 0.15) is 17.1 Å². The number of hydrogen-bond acceptors (Lipinski definition) is 6. The average molecular weight is 404 g/mol. The molecule has 0 radical (unpaired) electrons. The highest BCUT2D eigenvalue weighted by atomic mass is 35.5. The fraction of sp³-hybridized carbons (Fsp3) is 0.550. The molecule has 2 aromatic heterocycles. The van der Waals surface area contributed by atoms with E-state index in [0.29, 0.717) is 11.6 Å². The van der Waals surface area contributed by atoms with Crippen molar-refractivity contribution in [1.82, 2.24) is 20.4 Å². The molecule has 2 atom stereocenters. The Balaban J connectivity index is 1.46. The molecule has 0 saturated carbocycles. The van der Waals surface area contributed by atoms with Crippen LogP contribution in [0.4, 0.5) is 5.82 Å². The summed E-state index contributed by atoms with van der Waals surface area (Å²) in [4.78, 5) is 20.0. The number of carbonyl (C=O) groups excluding carboxylic acids is 1. The molecule has 2 aromatic rings. The van der Waals surface area contributed by atoms with Crippen molar-refractivity contribution < 1.29 is 9.32 Å². The van der Waals surface area contributed by atoms with E-state index in [1.54, 1.807) is 6.20 Å². The summed E-state index contributed by atoms with van der Waals surface area (Å²) in [6, 6.07) is 3.88. The summed E-state index contributed by atoms with van der Waals surface area (Å²) in [5.41, 5.74) is 1.34. The minimum Gasteiger partial charge on any atom is -0.366 e. The third-order valence-electron chi connectivity index (χ3n) is 6.01. The van der Waals surface area contributed by atoms with Gasteiger partial charge in [-0.15, -0.1) is 0 Å². The number of piperidine rings is 1. The van der Waals surface area contributed by atoms with E-state index < -0.39 is 5.54 Å². The van der Waals surface area contributed by atoms with Crippen molar-refractivity contribution in [2.75, 3.05) is 18.4 Å². The summed E-state index contributed by atoms with van der Waals surface area (Å²) in [5, 5.41) is 11.2. The number of pyridine rings is 1. The Morgan fingerprint density at radius 1 is 1.39 bits per heavy atom. The topological polar surface area (TPSA) is 83.3 Å². The van der Waals surface area contributed by atoms with Gasteiger partial charge in [0.15, 0.2) is 0 Å². The van der Waals surface area contributed by atoms with Crippen molar-refractivity contribution in [3.8, 4) is 0 Å². The van der Waals surface area contributed by atoms with Gasteiger partial charge in [-0.25, -0.2) is 4.98 Å². The predicted octanol–water partition coefficient (Wildman–Crippen LogP) is 3.07. The number of nitrogens with one attached hydrogen (secondary N) is 2. The molecule has 0 aliphatic carbocycles. The maximum atomic E-state index is 13.3. The molecular weight excluding hydrogens is 378 g/mol. The van der Waals surface area contributed by atoms with Gasteiger partial charge in [-0.3, -0.25) is 9.69 Å². The van der Waals surface area contributed by atoms with E-state index >= 15 is 0 Å². The van der Waals surface area contributed by atoms with E-state index in [1.807, 2.05) is 26.0 Å². The number of carbonyl (C=O) groups is 1. The standard InChI is InChI=1S/C20H26ClN5O2/c1-13-17(14(2)28-25-13)11-23-19(27)20-7-3-4-8-26(20)12-16(9-20)24-18-6-5-15(21)10-22-18/h5-6,10,16H,3-4,7-9,11-12H2,1-2H3,(H,22,24)(H,23,27)/t16-,20-/m0/s1. The highest BCUT2D eigenvalue weighted by Crippen LogP contribution is 2.39. The van der Waals surface area contributed by atoms with Gasteiger partial charge >= 0.3 is 0 Å². The van der Waals surface area contributed by atoms with E-state index in [-0.39, 0.29) is 11.9 Å². The van der Waals surface area contributed by atoms with Crippen molar-refractivity contribution in [3.63, 3.8) is 0 Å². The molecule has 2 N–H and O–H groups in total. The Kier molecular flexibility index (Phi) is 5.29. The Morgan fingerprint density at radius 3 is 2.96 bits per heavy atom. The molecule has 0 unspecified atom stereocenters. The maximum absolute atomic E-state index is 13.3. The van der Waals surface area contributed by atoms with Gasteiger partial charge in [-0.1, -0.05) is 16.8 Å². The first-order chi connectivity index (χ1) is 13.5. The van der Waals surface area contributed by atoms with E-state index in [2.05, 4.69) is 25.7 Å². The molecule has 1 amide bonds. The number of rotatable bonds is 5. The first-order valence-electron chi connectivity index (χ1n) is 9.81. The number of amides is 1. The second-order valence-corrected chi connectivity index (χ2v) is 8.26. The number of aromatic nitrogens is 2. The van der Waals surface area contributed by atoms with Crippen molar-refractivity contribution >= 4 is 23.3 Å². The Hall–Kier alpha value is -2.12. The summed E-state index contributed by atoms with van der Waals surface area (Å²) >= 11 is 5.93. The molecule has 2 aliphatic rings. The average Bonchev–Trinajstić information content (AvgIpc) is 3.22. The van der Waals surface area contributed by atoms with Gasteiger partial charge < -0.3 is 15.2 Å². The second-order valence-electron chi connectivity index (χ2n) is 7.83. The molecule has 0 spiro atoms. The molecule has 4 rings (SSSR count). The smallest absolute Gasteiger partial charge is 0.240 e. The minimum absolute atomic E-state index is 0.0977. The van der Waals surface area contributed by atoms with Crippen LogP contribution in [0.15, 0.2) is 22.9 Å². The van der Waals surface area contributed by atoms with Crippen LogP contribution in [0, 0.1) is 13.8 Å². The number of nitrogens with zero attached hydrogens (tertiary/aromatic N) is 3. The van der Waals surface area contributed by atoms with Gasteiger partial charge in [0.05, 0.1) is 10.7 Å². The summed E-state index contributed by atoms with van der Waals surface area (Å²) in [6.45, 7) is 6.01. The van der Waals surface area contributed by atoms with Gasteiger partial charge in [0.2, 0.25) is 5.91 Å². The van der Waals surface area contributed by atoms with Crippen LogP contribution in [0.2, 0.25) is 5.02 Å². The third kappa shape index (κ3) is 3.61. The zero-order chi connectivity index (χ0) is 19.7. The highest BCUT2D eigenvalue weighted by molar-refractivity contribution is 6.30. The lowest BCUT2D eigenvalue weighted by Crippen LogP contribution is -2.57. The van der Waals surface area contributed by atoms with Crippen LogP contribution < -0.4 is 10.6 Å². The van der Waals surface area contributed by atoms with Gasteiger partial charge in [0.25, 0.3) is 0 Å². The monoisotopic (exact) mass is 403 g/mol. The molecule has 2 saturated heterocycles. The zero-order valence-electron chi connectivity index (χ0n) is 16.3. The molecular formula is C20H26ClN5O2. The van der Waals surface area contributed by atoms with Gasteiger partial charge in [-0.2, -0.15) is 0 Å². The van der Waals surface area contributed by atoms with Crippen molar-refractivity contribution in [2.45, 2.75) is 57.7 Å². The molecule has 2 fully saturated rings. The summed E-state index contributed by atoms with van der Waals surface area (Å²) in [5.74, 6) is 1.65. The first-order valence-corrected chi connectivity index (χ1v) is 10.2. The van der Waals surface area contributed by atoms with E-state index in [9.17, 15) is 4.79 Å². The molecule has 0 bridgehead atoms. The van der Waals surface area contributed by atoms with Crippen molar-refractivity contribution in [2.24, 2.45) is 0 Å². The van der Waals surface area contributed by atoms with Crippen LogP contribution in [-0.4, -0.2) is 45.6 Å². The number of anilines is 1. The predicted molar refractivity (Wildman–Crippen MR) is 107 cm³/mol. The molecule has 7 nitrogen and oxygen atoms in total. The Morgan fingerprint density at radius 2 is 2.25 bits per heavy atom. The maximum Gasteiger partial charge on any atom is 0.240 e. The molecule has 150 valence electrons. The molecule has 4 heterocycles. The van der Waals surface area contributed by atoms with E-state index in [1.165, 1.54) is 0 Å². The van der Waals surface area contributed by atoms with Crippen LogP contribution in [0.5, 0.6) is 0 Å². The van der Waals surface area contributed by atoms with Crippen LogP contribution in [0.1, 0.15) is 42.7 Å². The minimum atomic E-state index is -0.457. The number of fused-ring (bicyclic) bond motifs is 1. The summed E-state index contributed by atoms with van der Waals surface area (Å²) in [7, 11) is 0. The zero-order valence-corrected chi connectivity index (χ0v) is 17.1. The lowest BCUT2D eigenvalue weighted by molar-refractivity contribution is -0.134. The number of aryl methyl sites for hydroxylation is 2. The lowest BCUT2D eigenvalue weighted by Gasteiger charge is -2.40. The van der Waals surface area contributed by atoms with E-state index in [0.717, 1.165) is 61.6 Å². The van der Waals surface area contributed by atoms with Crippen LogP contribution in [0.25, 0.3) is 0 Å². The van der Waals surface area contributed by atoms with Gasteiger partial charge in [-0.05, 0) is 58.2 Å². The molecule has 28 heavy (non-hydrogen) atoms. The van der Waals surface area contributed by atoms with Crippen molar-refractivity contribution in [3.05, 3.63) is 40.4 Å². The summed E-state index contributed by atoms with van der Waals surface area (Å²) in [6.07, 6.45) is 5.49. The fourth-order valence-corrected chi connectivity index (χ4v) is 4.64. The van der Waals surface area contributed by atoms with E-state index in [4.69, 9.17) is 16.1 Å². The number of hydrogen-bond donors (Lipinski definition) is 2. The third-order valence-corrected chi connectivity index (χ3v) is 6.23. The highest BCUT2D eigenvalue weighted by Gasteiger charge is 2.51. The Labute approximate surface area is 169 Å². The quantitative estimate of drug-likeness (QED) is 0.798. The van der Waals surface area contributed by atoms with Crippen LogP contribution >= 0.6 is 11.6 Å². The summed E-state index contributed by atoms with van der Waals surface area (Å²) < 4.78 is 5.21. The van der Waals surface area contributed by atoms with Crippen LogP contribution in [0.3, 0.4) is 0 Å². The Bertz CT molecular complexity index is 833.